The Morgan fingerprint density at radius 3 is 2.28 bits per heavy atom. The van der Waals surface area contributed by atoms with Crippen molar-refractivity contribution in [3.8, 4) is 5.75 Å². The highest BCUT2D eigenvalue weighted by Crippen LogP contribution is 2.26. The molecule has 0 saturated carbocycles. The van der Waals surface area contributed by atoms with E-state index in [1.807, 2.05) is 54.6 Å². The lowest BCUT2D eigenvalue weighted by Gasteiger charge is -2.10. The number of ether oxygens (including phenoxy) is 1. The molecular formula is C20H16Cl3NO. The van der Waals surface area contributed by atoms with E-state index in [2.05, 4.69) is 5.32 Å². The fraction of sp³-hybridized carbons (Fsp3) is 0.100. The fourth-order valence-electron chi connectivity index (χ4n) is 2.31. The first-order chi connectivity index (χ1) is 12.1. The zero-order chi connectivity index (χ0) is 17.6. The van der Waals surface area contributed by atoms with Crippen LogP contribution in [0.25, 0.3) is 0 Å². The van der Waals surface area contributed by atoms with Gasteiger partial charge in [-0.1, -0.05) is 65.1 Å². The van der Waals surface area contributed by atoms with Gasteiger partial charge in [0.15, 0.2) is 0 Å². The van der Waals surface area contributed by atoms with Gasteiger partial charge in [-0.3, -0.25) is 0 Å². The van der Waals surface area contributed by atoms with E-state index in [1.54, 1.807) is 12.1 Å². The van der Waals surface area contributed by atoms with Crippen molar-refractivity contribution in [1.82, 2.24) is 0 Å². The van der Waals surface area contributed by atoms with Gasteiger partial charge in [0.2, 0.25) is 0 Å². The molecule has 5 heteroatoms. The molecule has 0 bridgehead atoms. The molecule has 25 heavy (non-hydrogen) atoms. The molecule has 0 saturated heterocycles. The van der Waals surface area contributed by atoms with Crippen LogP contribution in [0.1, 0.15) is 11.1 Å². The highest BCUT2D eigenvalue weighted by molar-refractivity contribution is 6.36. The SMILES string of the molecule is Clc1ccc(NCc2ccc(OCc3ccccc3Cl)cc2)c(Cl)c1. The maximum absolute atomic E-state index is 6.16. The van der Waals surface area contributed by atoms with Crippen LogP contribution in [0.5, 0.6) is 5.75 Å². The number of anilines is 1. The third-order valence-corrected chi connectivity index (χ3v) is 4.61. The van der Waals surface area contributed by atoms with E-state index < -0.39 is 0 Å². The molecule has 0 unspecified atom stereocenters. The minimum atomic E-state index is 0.442. The number of hydrogen-bond acceptors (Lipinski definition) is 2. The second-order valence-electron chi connectivity index (χ2n) is 5.50. The van der Waals surface area contributed by atoms with Crippen LogP contribution in [0.15, 0.2) is 66.7 Å². The summed E-state index contributed by atoms with van der Waals surface area (Å²) in [7, 11) is 0. The summed E-state index contributed by atoms with van der Waals surface area (Å²) >= 11 is 18.2. The first-order valence-electron chi connectivity index (χ1n) is 7.76. The summed E-state index contributed by atoms with van der Waals surface area (Å²) in [5.74, 6) is 0.799. The minimum absolute atomic E-state index is 0.442. The van der Waals surface area contributed by atoms with Gasteiger partial charge in [-0.2, -0.15) is 0 Å². The highest BCUT2D eigenvalue weighted by atomic mass is 35.5. The summed E-state index contributed by atoms with van der Waals surface area (Å²) in [5, 5.41) is 5.23. The Morgan fingerprint density at radius 2 is 1.56 bits per heavy atom. The molecule has 0 radical (unpaired) electrons. The Bertz CT molecular complexity index is 850. The third-order valence-electron chi connectivity index (χ3n) is 3.69. The number of hydrogen-bond donors (Lipinski definition) is 1. The van der Waals surface area contributed by atoms with Crippen LogP contribution in [0.4, 0.5) is 5.69 Å². The van der Waals surface area contributed by atoms with Crippen molar-refractivity contribution < 1.29 is 4.74 Å². The Kier molecular flexibility index (Phi) is 6.09. The Balaban J connectivity index is 1.56. The highest BCUT2D eigenvalue weighted by Gasteiger charge is 2.03. The number of benzene rings is 3. The van der Waals surface area contributed by atoms with Gasteiger partial charge >= 0.3 is 0 Å². The van der Waals surface area contributed by atoms with Crippen LogP contribution in [0.2, 0.25) is 15.1 Å². The molecule has 0 heterocycles. The van der Waals surface area contributed by atoms with Crippen molar-refractivity contribution in [2.75, 3.05) is 5.32 Å². The van der Waals surface area contributed by atoms with Crippen LogP contribution in [-0.2, 0) is 13.2 Å². The molecule has 0 aliphatic carbocycles. The molecule has 3 rings (SSSR count). The van der Waals surface area contributed by atoms with Crippen molar-refractivity contribution in [2.45, 2.75) is 13.2 Å². The standard InChI is InChI=1S/C20H16Cl3NO/c21-16-7-10-20(19(23)11-16)24-12-14-5-8-17(9-6-14)25-13-15-3-1-2-4-18(15)22/h1-11,24H,12-13H2. The lowest BCUT2D eigenvalue weighted by atomic mass is 10.2. The largest absolute Gasteiger partial charge is 0.489 e. The van der Waals surface area contributed by atoms with Crippen molar-refractivity contribution in [1.29, 1.82) is 0 Å². The number of rotatable bonds is 6. The molecule has 0 fully saturated rings. The zero-order valence-corrected chi connectivity index (χ0v) is 15.6. The van der Waals surface area contributed by atoms with Gasteiger partial charge in [0.25, 0.3) is 0 Å². The number of nitrogens with one attached hydrogen (secondary N) is 1. The van der Waals surface area contributed by atoms with E-state index in [0.717, 1.165) is 22.6 Å². The van der Waals surface area contributed by atoms with E-state index in [-0.39, 0.29) is 0 Å². The van der Waals surface area contributed by atoms with E-state index in [4.69, 9.17) is 39.5 Å². The van der Waals surface area contributed by atoms with E-state index in [0.29, 0.717) is 28.2 Å². The van der Waals surface area contributed by atoms with Crippen LogP contribution >= 0.6 is 34.8 Å². The molecule has 3 aromatic rings. The predicted octanol–water partition coefficient (Wildman–Crippen LogP) is 6.84. The van der Waals surface area contributed by atoms with Crippen molar-refractivity contribution >= 4 is 40.5 Å². The molecular weight excluding hydrogens is 377 g/mol. The van der Waals surface area contributed by atoms with Gasteiger partial charge < -0.3 is 10.1 Å². The predicted molar refractivity (Wildman–Crippen MR) is 106 cm³/mol. The molecule has 1 N–H and O–H groups in total. The van der Waals surface area contributed by atoms with Crippen molar-refractivity contribution in [2.24, 2.45) is 0 Å². The smallest absolute Gasteiger partial charge is 0.119 e. The average molecular weight is 393 g/mol. The Morgan fingerprint density at radius 1 is 0.800 bits per heavy atom. The first kappa shape index (κ1) is 17.9. The zero-order valence-electron chi connectivity index (χ0n) is 13.3. The Hall–Kier alpha value is -1.87. The van der Waals surface area contributed by atoms with E-state index >= 15 is 0 Å². The summed E-state index contributed by atoms with van der Waals surface area (Å²) in [6.07, 6.45) is 0. The Labute approximate surface area is 162 Å². The summed E-state index contributed by atoms with van der Waals surface area (Å²) in [6.45, 7) is 1.10. The summed E-state index contributed by atoms with van der Waals surface area (Å²) in [5.41, 5.74) is 2.94. The van der Waals surface area contributed by atoms with Crippen molar-refractivity contribution in [3.63, 3.8) is 0 Å². The molecule has 0 aliphatic heterocycles. The summed E-state index contributed by atoms with van der Waals surface area (Å²) in [6, 6.07) is 21.0. The van der Waals surface area contributed by atoms with Crippen LogP contribution in [-0.4, -0.2) is 0 Å². The summed E-state index contributed by atoms with van der Waals surface area (Å²) in [4.78, 5) is 0. The molecule has 0 aromatic heterocycles. The topological polar surface area (TPSA) is 21.3 Å². The van der Waals surface area contributed by atoms with Gasteiger partial charge in [0.1, 0.15) is 12.4 Å². The average Bonchev–Trinajstić information content (AvgIpc) is 2.61. The third kappa shape index (κ3) is 5.05. The minimum Gasteiger partial charge on any atom is -0.489 e. The molecule has 0 spiro atoms. The van der Waals surface area contributed by atoms with Crippen molar-refractivity contribution in [3.05, 3.63) is 92.9 Å². The fourth-order valence-corrected chi connectivity index (χ4v) is 2.98. The first-order valence-corrected chi connectivity index (χ1v) is 8.89. The quantitative estimate of drug-likeness (QED) is 0.496. The maximum atomic E-state index is 6.16. The lowest BCUT2D eigenvalue weighted by Crippen LogP contribution is -2.00. The molecule has 2 nitrogen and oxygen atoms in total. The lowest BCUT2D eigenvalue weighted by molar-refractivity contribution is 0.306. The van der Waals surface area contributed by atoms with Gasteiger partial charge in [-0.05, 0) is 42.0 Å². The summed E-state index contributed by atoms with van der Waals surface area (Å²) < 4.78 is 5.78. The molecule has 0 amide bonds. The van der Waals surface area contributed by atoms with E-state index in [9.17, 15) is 0 Å². The van der Waals surface area contributed by atoms with Gasteiger partial charge in [0, 0.05) is 22.2 Å². The molecule has 128 valence electrons. The van der Waals surface area contributed by atoms with Crippen LogP contribution in [0.3, 0.4) is 0 Å². The van der Waals surface area contributed by atoms with Crippen LogP contribution in [0, 0.1) is 0 Å². The van der Waals surface area contributed by atoms with Gasteiger partial charge in [-0.15, -0.1) is 0 Å². The van der Waals surface area contributed by atoms with E-state index in [1.165, 1.54) is 0 Å². The normalized spacial score (nSPS) is 10.5. The monoisotopic (exact) mass is 391 g/mol. The maximum Gasteiger partial charge on any atom is 0.119 e. The van der Waals surface area contributed by atoms with Gasteiger partial charge in [0.05, 0.1) is 10.7 Å². The second-order valence-corrected chi connectivity index (χ2v) is 6.75. The number of halogens is 3. The second kappa shape index (κ2) is 8.48. The van der Waals surface area contributed by atoms with Crippen LogP contribution < -0.4 is 10.1 Å². The van der Waals surface area contributed by atoms with Gasteiger partial charge in [-0.25, -0.2) is 0 Å². The molecule has 0 aliphatic rings. The molecule has 3 aromatic carbocycles. The molecule has 0 atom stereocenters.